The van der Waals surface area contributed by atoms with Gasteiger partial charge >= 0.3 is 12.0 Å². The Morgan fingerprint density at radius 1 is 0.969 bits per heavy atom. The van der Waals surface area contributed by atoms with E-state index in [4.69, 9.17) is 16.2 Å². The van der Waals surface area contributed by atoms with Gasteiger partial charge in [-0.1, -0.05) is 42.5 Å². The molecule has 1 aliphatic heterocycles. The first-order chi connectivity index (χ1) is 15.4. The maximum atomic E-state index is 13.5. The second-order valence-electron chi connectivity index (χ2n) is 7.71. The number of urea groups is 1. The third-order valence-electron chi connectivity index (χ3n) is 5.62. The van der Waals surface area contributed by atoms with Gasteiger partial charge in [-0.3, -0.25) is 20.0 Å². The number of nitrogen functional groups attached to an aromatic ring is 1. The van der Waals surface area contributed by atoms with Crippen molar-refractivity contribution in [3.8, 4) is 0 Å². The maximum Gasteiger partial charge on any atom is 0.329 e. The number of aryl methyl sites for hydroxylation is 1. The Morgan fingerprint density at radius 3 is 2.19 bits per heavy atom. The molecular weight excluding hydrogens is 404 g/mol. The highest BCUT2D eigenvalue weighted by molar-refractivity contribution is 6.07. The number of carbonyl (C=O) groups is 2. The van der Waals surface area contributed by atoms with Crippen molar-refractivity contribution in [2.45, 2.75) is 18.9 Å². The average Bonchev–Trinajstić information content (AvgIpc) is 3.15. The van der Waals surface area contributed by atoms with E-state index in [0.717, 1.165) is 22.5 Å². The largest absolute Gasteiger partial charge is 0.481 e. The zero-order valence-electron chi connectivity index (χ0n) is 17.4. The first kappa shape index (κ1) is 21.1. The molecule has 4 N–H and O–H groups in total. The summed E-state index contributed by atoms with van der Waals surface area (Å²) in [5, 5.41) is 16.5. The number of amidine groups is 1. The van der Waals surface area contributed by atoms with Gasteiger partial charge in [0.2, 0.25) is 0 Å². The Balaban J connectivity index is 1.66. The minimum absolute atomic E-state index is 0.0175. The van der Waals surface area contributed by atoms with Crippen LogP contribution in [-0.4, -0.2) is 29.5 Å². The van der Waals surface area contributed by atoms with Crippen LogP contribution in [0.15, 0.2) is 78.9 Å². The first-order valence-corrected chi connectivity index (χ1v) is 10.3. The first-order valence-electron chi connectivity index (χ1n) is 10.3. The van der Waals surface area contributed by atoms with Crippen LogP contribution in [-0.2, 0) is 11.2 Å². The van der Waals surface area contributed by atoms with Gasteiger partial charge in [0.05, 0.1) is 12.6 Å². The molecule has 0 radical (unpaired) electrons. The molecule has 2 amide bonds. The maximum absolute atomic E-state index is 13.5. The Kier molecular flexibility index (Phi) is 5.89. The molecule has 0 spiro atoms. The molecule has 1 fully saturated rings. The van der Waals surface area contributed by atoms with E-state index in [0.29, 0.717) is 18.5 Å². The van der Waals surface area contributed by atoms with E-state index in [9.17, 15) is 9.59 Å². The summed E-state index contributed by atoms with van der Waals surface area (Å²) in [6.45, 7) is 0.475. The fourth-order valence-corrected chi connectivity index (χ4v) is 3.93. The SMILES string of the molecule is N=C(N)c1ccc(N2CC(c3ccccc3)N(c3ccc(CCC(=O)O)cc3)C2=O)cc1. The Labute approximate surface area is 186 Å². The molecule has 7 heteroatoms. The minimum atomic E-state index is -0.834. The summed E-state index contributed by atoms with van der Waals surface area (Å²) >= 11 is 0. The normalized spacial score (nSPS) is 15.8. The number of aliphatic carboxylic acids is 1. The zero-order valence-corrected chi connectivity index (χ0v) is 17.4. The molecule has 1 heterocycles. The van der Waals surface area contributed by atoms with E-state index < -0.39 is 5.97 Å². The molecule has 0 saturated carbocycles. The number of carbonyl (C=O) groups excluding carboxylic acids is 1. The molecule has 0 aromatic heterocycles. The Hall–Kier alpha value is -4.13. The van der Waals surface area contributed by atoms with Crippen molar-refractivity contribution in [1.29, 1.82) is 5.41 Å². The molecule has 1 saturated heterocycles. The highest BCUT2D eigenvalue weighted by Crippen LogP contribution is 2.37. The fourth-order valence-electron chi connectivity index (χ4n) is 3.93. The number of amides is 2. The van der Waals surface area contributed by atoms with Crippen LogP contribution < -0.4 is 15.5 Å². The standard InChI is InChI=1S/C25H24N4O3/c26-24(27)19-9-13-20(14-10-19)28-16-22(18-4-2-1-3-5-18)29(25(28)32)21-11-6-17(7-12-21)8-15-23(30)31/h1-7,9-14,22H,8,15-16H2,(H3,26,27)(H,30,31). The van der Waals surface area contributed by atoms with Gasteiger partial charge < -0.3 is 10.8 Å². The molecule has 0 aliphatic carbocycles. The van der Waals surface area contributed by atoms with Gasteiger partial charge in [0.15, 0.2) is 0 Å². The molecular formula is C25H24N4O3. The van der Waals surface area contributed by atoms with Gasteiger partial charge in [0.25, 0.3) is 0 Å². The molecule has 1 unspecified atom stereocenters. The van der Waals surface area contributed by atoms with Crippen molar-refractivity contribution in [2.75, 3.05) is 16.3 Å². The number of benzene rings is 3. The number of rotatable bonds is 7. The highest BCUT2D eigenvalue weighted by Gasteiger charge is 2.39. The van der Waals surface area contributed by atoms with E-state index in [1.165, 1.54) is 0 Å². The van der Waals surface area contributed by atoms with E-state index in [1.54, 1.807) is 34.1 Å². The van der Waals surface area contributed by atoms with Crippen LogP contribution in [0.3, 0.4) is 0 Å². The van der Waals surface area contributed by atoms with E-state index in [1.807, 2.05) is 54.6 Å². The number of hydrogen-bond acceptors (Lipinski definition) is 3. The average molecular weight is 428 g/mol. The molecule has 32 heavy (non-hydrogen) atoms. The molecule has 7 nitrogen and oxygen atoms in total. The van der Waals surface area contributed by atoms with E-state index >= 15 is 0 Å². The molecule has 162 valence electrons. The predicted molar refractivity (Wildman–Crippen MR) is 124 cm³/mol. The summed E-state index contributed by atoms with van der Waals surface area (Å²) in [6.07, 6.45) is 0.513. The number of nitrogens with zero attached hydrogens (tertiary/aromatic N) is 2. The smallest absolute Gasteiger partial charge is 0.329 e. The van der Waals surface area contributed by atoms with Crippen molar-refractivity contribution >= 4 is 29.2 Å². The second-order valence-corrected chi connectivity index (χ2v) is 7.71. The molecule has 4 rings (SSSR count). The number of carboxylic acids is 1. The van der Waals surface area contributed by atoms with Gasteiger partial charge in [0, 0.05) is 23.4 Å². The Morgan fingerprint density at radius 2 is 1.59 bits per heavy atom. The van der Waals surface area contributed by atoms with Gasteiger partial charge in [-0.25, -0.2) is 4.79 Å². The lowest BCUT2D eigenvalue weighted by Crippen LogP contribution is -2.32. The lowest BCUT2D eigenvalue weighted by Gasteiger charge is -2.24. The zero-order chi connectivity index (χ0) is 22.7. The molecule has 3 aromatic carbocycles. The van der Waals surface area contributed by atoms with Gasteiger partial charge in [0.1, 0.15) is 5.84 Å². The van der Waals surface area contributed by atoms with E-state index in [-0.39, 0.29) is 24.3 Å². The Bertz CT molecular complexity index is 1130. The van der Waals surface area contributed by atoms with Gasteiger partial charge in [-0.2, -0.15) is 0 Å². The van der Waals surface area contributed by atoms with Gasteiger partial charge in [-0.05, 0) is 53.9 Å². The van der Waals surface area contributed by atoms with Crippen molar-refractivity contribution in [2.24, 2.45) is 5.73 Å². The number of nitrogens with one attached hydrogen (secondary N) is 1. The lowest BCUT2D eigenvalue weighted by atomic mass is 10.0. The monoisotopic (exact) mass is 428 g/mol. The predicted octanol–water partition coefficient (Wildman–Crippen LogP) is 4.18. The summed E-state index contributed by atoms with van der Waals surface area (Å²) in [6, 6.07) is 24.1. The fraction of sp³-hybridized carbons (Fsp3) is 0.160. The van der Waals surface area contributed by atoms with Gasteiger partial charge in [-0.15, -0.1) is 0 Å². The van der Waals surface area contributed by atoms with Crippen LogP contribution >= 0.6 is 0 Å². The summed E-state index contributed by atoms with van der Waals surface area (Å²) in [5.41, 5.74) is 9.59. The van der Waals surface area contributed by atoms with Crippen molar-refractivity contribution in [1.82, 2.24) is 0 Å². The molecule has 3 aromatic rings. The quantitative estimate of drug-likeness (QED) is 0.387. The number of nitrogens with two attached hydrogens (primary N) is 1. The molecule has 1 atom stereocenters. The summed E-state index contributed by atoms with van der Waals surface area (Å²) in [7, 11) is 0. The lowest BCUT2D eigenvalue weighted by molar-refractivity contribution is -0.136. The summed E-state index contributed by atoms with van der Waals surface area (Å²) in [4.78, 5) is 27.9. The molecule has 1 aliphatic rings. The topological polar surface area (TPSA) is 111 Å². The van der Waals surface area contributed by atoms with Crippen molar-refractivity contribution < 1.29 is 14.7 Å². The summed E-state index contributed by atoms with van der Waals surface area (Å²) < 4.78 is 0. The third kappa shape index (κ3) is 4.32. The van der Waals surface area contributed by atoms with Crippen LogP contribution in [0, 0.1) is 5.41 Å². The second kappa shape index (κ2) is 8.93. The molecule has 0 bridgehead atoms. The van der Waals surface area contributed by atoms with Crippen molar-refractivity contribution in [3.63, 3.8) is 0 Å². The van der Waals surface area contributed by atoms with Crippen LogP contribution in [0.25, 0.3) is 0 Å². The van der Waals surface area contributed by atoms with Crippen LogP contribution in [0.5, 0.6) is 0 Å². The van der Waals surface area contributed by atoms with Crippen LogP contribution in [0.1, 0.15) is 29.2 Å². The number of anilines is 2. The third-order valence-corrected chi connectivity index (χ3v) is 5.62. The van der Waals surface area contributed by atoms with Crippen LogP contribution in [0.4, 0.5) is 16.2 Å². The van der Waals surface area contributed by atoms with E-state index in [2.05, 4.69) is 0 Å². The highest BCUT2D eigenvalue weighted by atomic mass is 16.4. The number of hydrogen-bond donors (Lipinski definition) is 3. The minimum Gasteiger partial charge on any atom is -0.481 e. The number of carboxylic acid groups (broad SMARTS) is 1. The summed E-state index contributed by atoms with van der Waals surface area (Å²) in [5.74, 6) is -0.851. The van der Waals surface area contributed by atoms with Crippen LogP contribution in [0.2, 0.25) is 0 Å². The van der Waals surface area contributed by atoms with Crippen molar-refractivity contribution in [3.05, 3.63) is 95.6 Å².